The molecule has 1 aromatic heterocycles. The molecule has 1 aliphatic heterocycles. The maximum Gasteiger partial charge on any atom is 0.139 e. The van der Waals surface area contributed by atoms with Gasteiger partial charge in [0, 0.05) is 25.3 Å². The Hall–Kier alpha value is -0.650. The van der Waals surface area contributed by atoms with Gasteiger partial charge in [0.05, 0.1) is 21.4 Å². The van der Waals surface area contributed by atoms with Gasteiger partial charge < -0.3 is 9.30 Å². The molecule has 2 heterocycles. The zero-order chi connectivity index (χ0) is 13.4. The van der Waals surface area contributed by atoms with Gasteiger partial charge in [-0.2, -0.15) is 0 Å². The van der Waals surface area contributed by atoms with E-state index < -0.39 is 0 Å². The number of aromatic nitrogens is 2. The van der Waals surface area contributed by atoms with Gasteiger partial charge in [-0.15, -0.1) is 11.6 Å². The molecule has 0 saturated carbocycles. The molecule has 0 unspecified atom stereocenters. The van der Waals surface area contributed by atoms with E-state index in [1.165, 1.54) is 6.07 Å². The molecule has 3 rings (SSSR count). The van der Waals surface area contributed by atoms with Crippen LogP contribution in [0, 0.1) is 5.82 Å². The van der Waals surface area contributed by atoms with Gasteiger partial charge in [0.15, 0.2) is 0 Å². The van der Waals surface area contributed by atoms with E-state index >= 15 is 0 Å². The summed E-state index contributed by atoms with van der Waals surface area (Å²) >= 11 is 9.21. The highest BCUT2D eigenvalue weighted by molar-refractivity contribution is 9.10. The van der Waals surface area contributed by atoms with Gasteiger partial charge in [-0.1, -0.05) is 0 Å². The molecule has 1 aliphatic rings. The first-order valence-electron chi connectivity index (χ1n) is 6.20. The molecular formula is C13H13BrClFN2O. The second-order valence-electron chi connectivity index (χ2n) is 4.63. The second-order valence-corrected chi connectivity index (χ2v) is 5.75. The Labute approximate surface area is 123 Å². The monoisotopic (exact) mass is 346 g/mol. The summed E-state index contributed by atoms with van der Waals surface area (Å²) in [6, 6.07) is 3.55. The minimum atomic E-state index is -0.301. The van der Waals surface area contributed by atoms with E-state index in [-0.39, 0.29) is 5.82 Å². The maximum absolute atomic E-state index is 13.6. The summed E-state index contributed by atoms with van der Waals surface area (Å²) in [5.74, 6) is 0.817. The van der Waals surface area contributed by atoms with Crippen LogP contribution in [0.3, 0.4) is 0 Å². The highest BCUT2D eigenvalue weighted by Gasteiger charge is 2.22. The third kappa shape index (κ3) is 2.39. The molecular weight excluding hydrogens is 335 g/mol. The number of nitrogens with zero attached hydrogens (tertiary/aromatic N) is 2. The number of hydrogen-bond donors (Lipinski definition) is 0. The summed E-state index contributed by atoms with van der Waals surface area (Å²) in [5.41, 5.74) is 1.58. The van der Waals surface area contributed by atoms with Gasteiger partial charge in [0.1, 0.15) is 11.6 Å². The van der Waals surface area contributed by atoms with Crippen molar-refractivity contribution in [1.82, 2.24) is 9.55 Å². The number of fused-ring (bicyclic) bond motifs is 1. The molecule has 2 aromatic rings. The smallest absolute Gasteiger partial charge is 0.139 e. The van der Waals surface area contributed by atoms with Crippen LogP contribution in [0.5, 0.6) is 0 Å². The molecule has 0 amide bonds. The van der Waals surface area contributed by atoms with E-state index in [1.807, 2.05) is 0 Å². The Morgan fingerprint density at radius 3 is 2.84 bits per heavy atom. The zero-order valence-electron chi connectivity index (χ0n) is 10.2. The van der Waals surface area contributed by atoms with Gasteiger partial charge in [-0.3, -0.25) is 0 Å². The van der Waals surface area contributed by atoms with E-state index in [1.54, 1.807) is 6.07 Å². The van der Waals surface area contributed by atoms with Crippen LogP contribution in [0.2, 0.25) is 0 Å². The van der Waals surface area contributed by atoms with Crippen LogP contribution in [-0.2, 0) is 10.6 Å². The number of rotatable bonds is 2. The summed E-state index contributed by atoms with van der Waals surface area (Å²) in [6.07, 6.45) is 1.87. The Bertz CT molecular complexity index is 610. The highest BCUT2D eigenvalue weighted by atomic mass is 79.9. The van der Waals surface area contributed by atoms with Gasteiger partial charge >= 0.3 is 0 Å². The fourth-order valence-electron chi connectivity index (χ4n) is 2.59. The molecule has 1 fully saturated rings. The van der Waals surface area contributed by atoms with Crippen molar-refractivity contribution in [2.24, 2.45) is 0 Å². The first kappa shape index (κ1) is 13.3. The molecule has 102 valence electrons. The van der Waals surface area contributed by atoms with E-state index in [2.05, 4.69) is 25.5 Å². The van der Waals surface area contributed by atoms with Crippen molar-refractivity contribution >= 4 is 38.6 Å². The van der Waals surface area contributed by atoms with Crippen LogP contribution in [0.15, 0.2) is 16.6 Å². The number of halogens is 3. The second kappa shape index (κ2) is 5.38. The Balaban J connectivity index is 2.16. The number of imidazole rings is 1. The van der Waals surface area contributed by atoms with Crippen molar-refractivity contribution in [2.75, 3.05) is 13.2 Å². The SMILES string of the molecule is Fc1cc2nc(CCl)n(C3CCOCC3)c2cc1Br. The number of hydrogen-bond acceptors (Lipinski definition) is 2. The quantitative estimate of drug-likeness (QED) is 0.767. The molecule has 0 aliphatic carbocycles. The predicted molar refractivity (Wildman–Crippen MR) is 76.0 cm³/mol. The number of benzene rings is 1. The van der Waals surface area contributed by atoms with Crippen LogP contribution in [0.25, 0.3) is 11.0 Å². The summed E-state index contributed by atoms with van der Waals surface area (Å²) in [6.45, 7) is 1.49. The van der Waals surface area contributed by atoms with Crippen LogP contribution >= 0.6 is 27.5 Å². The van der Waals surface area contributed by atoms with E-state index in [0.29, 0.717) is 21.9 Å². The number of alkyl halides is 1. The normalized spacial score (nSPS) is 17.2. The van der Waals surface area contributed by atoms with Crippen LogP contribution in [-0.4, -0.2) is 22.8 Å². The Kier molecular flexibility index (Phi) is 3.78. The lowest BCUT2D eigenvalue weighted by atomic mass is 10.1. The lowest BCUT2D eigenvalue weighted by molar-refractivity contribution is 0.0700. The van der Waals surface area contributed by atoms with Crippen molar-refractivity contribution in [1.29, 1.82) is 0 Å². The standard InChI is InChI=1S/C13H13BrClFN2O/c14-9-5-12-11(6-10(9)16)17-13(7-15)18(12)8-1-3-19-4-2-8/h5-6,8H,1-4,7H2. The number of ether oxygens (including phenoxy) is 1. The lowest BCUT2D eigenvalue weighted by Gasteiger charge is -2.25. The van der Waals surface area contributed by atoms with Crippen LogP contribution in [0.1, 0.15) is 24.7 Å². The van der Waals surface area contributed by atoms with Crippen LogP contribution in [0.4, 0.5) is 4.39 Å². The maximum atomic E-state index is 13.6. The fraction of sp³-hybridized carbons (Fsp3) is 0.462. The van der Waals surface area contributed by atoms with Crippen molar-refractivity contribution in [3.8, 4) is 0 Å². The molecule has 0 bridgehead atoms. The minimum Gasteiger partial charge on any atom is -0.381 e. The third-order valence-corrected chi connectivity index (χ3v) is 4.33. The topological polar surface area (TPSA) is 27.1 Å². The molecule has 0 N–H and O–H groups in total. The largest absolute Gasteiger partial charge is 0.381 e. The summed E-state index contributed by atoms with van der Waals surface area (Å²) in [7, 11) is 0. The molecule has 0 spiro atoms. The summed E-state index contributed by atoms with van der Waals surface area (Å²) in [4.78, 5) is 4.44. The van der Waals surface area contributed by atoms with Crippen molar-refractivity contribution in [3.05, 3.63) is 28.2 Å². The molecule has 6 heteroatoms. The molecule has 0 radical (unpaired) electrons. The first-order valence-corrected chi connectivity index (χ1v) is 7.53. The first-order chi connectivity index (χ1) is 9.20. The van der Waals surface area contributed by atoms with Crippen molar-refractivity contribution in [2.45, 2.75) is 24.8 Å². The summed E-state index contributed by atoms with van der Waals surface area (Å²) in [5, 5.41) is 0. The average molecular weight is 348 g/mol. The van der Waals surface area contributed by atoms with Crippen LogP contribution < -0.4 is 0 Å². The van der Waals surface area contributed by atoms with Gasteiger partial charge in [0.25, 0.3) is 0 Å². The van der Waals surface area contributed by atoms with E-state index in [4.69, 9.17) is 16.3 Å². The molecule has 1 saturated heterocycles. The van der Waals surface area contributed by atoms with Gasteiger partial charge in [-0.25, -0.2) is 9.37 Å². The van der Waals surface area contributed by atoms with Crippen molar-refractivity contribution in [3.63, 3.8) is 0 Å². The van der Waals surface area contributed by atoms with E-state index in [0.717, 1.165) is 37.4 Å². The molecule has 0 atom stereocenters. The lowest BCUT2D eigenvalue weighted by Crippen LogP contribution is -2.20. The Morgan fingerprint density at radius 2 is 2.16 bits per heavy atom. The minimum absolute atomic E-state index is 0.301. The average Bonchev–Trinajstić information content (AvgIpc) is 2.78. The van der Waals surface area contributed by atoms with Gasteiger partial charge in [0.2, 0.25) is 0 Å². The Morgan fingerprint density at radius 1 is 1.42 bits per heavy atom. The molecule has 3 nitrogen and oxygen atoms in total. The molecule has 1 aromatic carbocycles. The van der Waals surface area contributed by atoms with Crippen molar-refractivity contribution < 1.29 is 9.13 Å². The fourth-order valence-corrected chi connectivity index (χ4v) is 3.11. The van der Waals surface area contributed by atoms with E-state index in [9.17, 15) is 4.39 Å². The zero-order valence-corrected chi connectivity index (χ0v) is 12.5. The molecule has 19 heavy (non-hydrogen) atoms. The van der Waals surface area contributed by atoms with Gasteiger partial charge in [-0.05, 0) is 34.8 Å². The third-order valence-electron chi connectivity index (χ3n) is 3.48. The predicted octanol–water partition coefficient (Wildman–Crippen LogP) is 4.03. The highest BCUT2D eigenvalue weighted by Crippen LogP contribution is 2.31. The summed E-state index contributed by atoms with van der Waals surface area (Å²) < 4.78 is 21.6.